The number of halogens is 1. The molecule has 0 saturated carbocycles. The Hall–Kier alpha value is -0.800. The van der Waals surface area contributed by atoms with E-state index < -0.39 is 0 Å². The van der Waals surface area contributed by atoms with Gasteiger partial charge in [-0.05, 0) is 40.3 Å². The van der Waals surface area contributed by atoms with Crippen molar-refractivity contribution in [1.29, 1.82) is 5.26 Å². The van der Waals surface area contributed by atoms with Crippen molar-refractivity contribution in [3.8, 4) is 11.8 Å². The molecule has 0 saturated heterocycles. The third-order valence-corrected chi connectivity index (χ3v) is 4.07. The predicted molar refractivity (Wildman–Crippen MR) is 65.5 cm³/mol. The lowest BCUT2D eigenvalue weighted by molar-refractivity contribution is 0.480. The first-order valence-corrected chi connectivity index (χ1v) is 5.88. The second kappa shape index (κ2) is 3.75. The standard InChI is InChI=1S/C10H6INOS/c11-10-9(13)7-2-1-6(3-4-12)5-8(7)14-10/h1-2,5,13H,3H2. The maximum Gasteiger partial charge on any atom is 0.147 e. The van der Waals surface area contributed by atoms with Crippen molar-refractivity contribution in [3.63, 3.8) is 0 Å². The molecule has 0 aliphatic heterocycles. The molecule has 0 aliphatic carbocycles. The molecular weight excluding hydrogens is 309 g/mol. The smallest absolute Gasteiger partial charge is 0.147 e. The van der Waals surface area contributed by atoms with Crippen LogP contribution in [0, 0.1) is 14.2 Å². The van der Waals surface area contributed by atoms with Crippen molar-refractivity contribution in [2.45, 2.75) is 6.42 Å². The summed E-state index contributed by atoms with van der Waals surface area (Å²) < 4.78 is 1.94. The highest BCUT2D eigenvalue weighted by atomic mass is 127. The molecule has 0 aliphatic rings. The lowest BCUT2D eigenvalue weighted by Crippen LogP contribution is -1.78. The monoisotopic (exact) mass is 315 g/mol. The van der Waals surface area contributed by atoms with Crippen LogP contribution in [0.3, 0.4) is 0 Å². The summed E-state index contributed by atoms with van der Waals surface area (Å²) in [5, 5.41) is 19.1. The zero-order chi connectivity index (χ0) is 10.1. The van der Waals surface area contributed by atoms with E-state index in [9.17, 15) is 5.11 Å². The van der Waals surface area contributed by atoms with Gasteiger partial charge in [0.25, 0.3) is 0 Å². The molecule has 0 spiro atoms. The summed E-state index contributed by atoms with van der Waals surface area (Å²) in [7, 11) is 0. The molecule has 1 heterocycles. The van der Waals surface area contributed by atoms with E-state index in [0.29, 0.717) is 12.2 Å². The number of nitriles is 1. The number of aromatic hydroxyl groups is 1. The lowest BCUT2D eigenvalue weighted by Gasteiger charge is -1.94. The fraction of sp³-hybridized carbons (Fsp3) is 0.100. The summed E-state index contributed by atoms with van der Waals surface area (Å²) in [5.41, 5.74) is 0.998. The SMILES string of the molecule is N#CCc1ccc2c(O)c(I)sc2c1. The highest BCUT2D eigenvalue weighted by Crippen LogP contribution is 2.37. The first kappa shape index (κ1) is 9.74. The molecule has 1 aromatic carbocycles. The normalized spacial score (nSPS) is 10.3. The second-order valence-corrected chi connectivity index (χ2v) is 5.75. The molecule has 1 aromatic heterocycles. The molecule has 0 unspecified atom stereocenters. The summed E-state index contributed by atoms with van der Waals surface area (Å²) >= 11 is 3.66. The predicted octanol–water partition coefficient (Wildman–Crippen LogP) is 3.28. The molecule has 4 heteroatoms. The third-order valence-electron chi connectivity index (χ3n) is 1.97. The molecule has 70 valence electrons. The fourth-order valence-electron chi connectivity index (χ4n) is 1.30. The average Bonchev–Trinajstić information content (AvgIpc) is 2.43. The Labute approximate surface area is 98.9 Å². The van der Waals surface area contributed by atoms with Crippen molar-refractivity contribution in [3.05, 3.63) is 26.6 Å². The van der Waals surface area contributed by atoms with E-state index in [2.05, 4.69) is 28.7 Å². The van der Waals surface area contributed by atoms with Crippen molar-refractivity contribution in [2.75, 3.05) is 0 Å². The number of fused-ring (bicyclic) bond motifs is 1. The van der Waals surface area contributed by atoms with Gasteiger partial charge in [0.1, 0.15) is 8.63 Å². The van der Waals surface area contributed by atoms with Crippen LogP contribution >= 0.6 is 33.9 Å². The highest BCUT2D eigenvalue weighted by molar-refractivity contribution is 14.1. The molecular formula is C10H6INOS. The molecule has 2 nitrogen and oxygen atoms in total. The Morgan fingerprint density at radius 1 is 1.50 bits per heavy atom. The molecule has 0 fully saturated rings. The molecule has 2 rings (SSSR count). The van der Waals surface area contributed by atoms with Crippen LogP contribution in [-0.4, -0.2) is 5.11 Å². The fourth-order valence-corrected chi connectivity index (χ4v) is 3.19. The number of rotatable bonds is 1. The van der Waals surface area contributed by atoms with Gasteiger partial charge >= 0.3 is 0 Å². The van der Waals surface area contributed by atoms with Gasteiger partial charge < -0.3 is 5.11 Å². The van der Waals surface area contributed by atoms with E-state index in [1.165, 1.54) is 0 Å². The van der Waals surface area contributed by atoms with Crippen LogP contribution in [0.4, 0.5) is 0 Å². The number of hydrogen-bond donors (Lipinski definition) is 1. The second-order valence-electron chi connectivity index (χ2n) is 2.89. The molecule has 14 heavy (non-hydrogen) atoms. The van der Waals surface area contributed by atoms with E-state index in [-0.39, 0.29) is 0 Å². The van der Waals surface area contributed by atoms with Crippen LogP contribution in [0.15, 0.2) is 18.2 Å². The Balaban J connectivity index is 2.63. The molecule has 0 radical (unpaired) electrons. The summed E-state index contributed by atoms with van der Waals surface area (Å²) in [6.45, 7) is 0. The zero-order valence-electron chi connectivity index (χ0n) is 7.12. The van der Waals surface area contributed by atoms with Crippen molar-refractivity contribution in [2.24, 2.45) is 0 Å². The van der Waals surface area contributed by atoms with Gasteiger partial charge in [0.15, 0.2) is 0 Å². The quantitative estimate of drug-likeness (QED) is 0.821. The maximum atomic E-state index is 9.66. The topological polar surface area (TPSA) is 44.0 Å². The van der Waals surface area contributed by atoms with Crippen LogP contribution in [0.5, 0.6) is 5.75 Å². The first-order chi connectivity index (χ1) is 6.72. The number of benzene rings is 1. The molecule has 0 bridgehead atoms. The van der Waals surface area contributed by atoms with Crippen molar-refractivity contribution >= 4 is 44.0 Å². The molecule has 0 amide bonds. The Morgan fingerprint density at radius 2 is 2.29 bits per heavy atom. The summed E-state index contributed by atoms with van der Waals surface area (Å²) in [5.74, 6) is 0.356. The van der Waals surface area contributed by atoms with Gasteiger partial charge in [-0.15, -0.1) is 11.3 Å². The van der Waals surface area contributed by atoms with Crippen LogP contribution in [0.1, 0.15) is 5.56 Å². The van der Waals surface area contributed by atoms with Gasteiger partial charge in [0.05, 0.1) is 12.5 Å². The van der Waals surface area contributed by atoms with E-state index >= 15 is 0 Å². The van der Waals surface area contributed by atoms with Gasteiger partial charge in [0, 0.05) is 10.1 Å². The Bertz CT molecular complexity index is 527. The minimum atomic E-state index is 0.356. The first-order valence-electron chi connectivity index (χ1n) is 3.99. The zero-order valence-corrected chi connectivity index (χ0v) is 10.1. The van der Waals surface area contributed by atoms with Gasteiger partial charge in [0.2, 0.25) is 0 Å². The maximum absolute atomic E-state index is 9.66. The van der Waals surface area contributed by atoms with Crippen LogP contribution in [-0.2, 0) is 6.42 Å². The van der Waals surface area contributed by atoms with Crippen molar-refractivity contribution in [1.82, 2.24) is 0 Å². The van der Waals surface area contributed by atoms with Gasteiger partial charge in [-0.1, -0.05) is 6.07 Å². The van der Waals surface area contributed by atoms with Gasteiger partial charge in [-0.25, -0.2) is 0 Å². The average molecular weight is 315 g/mol. The van der Waals surface area contributed by atoms with Gasteiger partial charge in [-0.3, -0.25) is 0 Å². The minimum absolute atomic E-state index is 0.356. The summed E-state index contributed by atoms with van der Waals surface area (Å²) in [6.07, 6.45) is 0.422. The van der Waals surface area contributed by atoms with E-state index in [4.69, 9.17) is 5.26 Å². The number of hydrogen-bond acceptors (Lipinski definition) is 3. The molecule has 0 atom stereocenters. The highest BCUT2D eigenvalue weighted by Gasteiger charge is 2.08. The van der Waals surface area contributed by atoms with Crippen LogP contribution in [0.25, 0.3) is 10.1 Å². The Morgan fingerprint density at radius 3 is 3.00 bits per heavy atom. The summed E-state index contributed by atoms with van der Waals surface area (Å²) in [6, 6.07) is 7.83. The third kappa shape index (κ3) is 1.57. The van der Waals surface area contributed by atoms with E-state index in [1.807, 2.05) is 18.2 Å². The van der Waals surface area contributed by atoms with Gasteiger partial charge in [-0.2, -0.15) is 5.26 Å². The largest absolute Gasteiger partial charge is 0.505 e. The van der Waals surface area contributed by atoms with Crippen LogP contribution in [0.2, 0.25) is 0 Å². The minimum Gasteiger partial charge on any atom is -0.505 e. The summed E-state index contributed by atoms with van der Waals surface area (Å²) in [4.78, 5) is 0. The number of nitrogens with zero attached hydrogens (tertiary/aromatic N) is 1. The van der Waals surface area contributed by atoms with E-state index in [0.717, 1.165) is 18.5 Å². The van der Waals surface area contributed by atoms with E-state index in [1.54, 1.807) is 11.3 Å². The Kier molecular flexibility index (Phi) is 2.61. The number of thiophene rings is 1. The van der Waals surface area contributed by atoms with Crippen LogP contribution < -0.4 is 0 Å². The molecule has 1 N–H and O–H groups in total. The lowest BCUT2D eigenvalue weighted by atomic mass is 10.1. The molecule has 2 aromatic rings. The van der Waals surface area contributed by atoms with Crippen molar-refractivity contribution < 1.29 is 5.11 Å².